The van der Waals surface area contributed by atoms with Crippen molar-refractivity contribution >= 4 is 17.3 Å². The van der Waals surface area contributed by atoms with E-state index in [9.17, 15) is 13.2 Å². The maximum atomic E-state index is 12.6. The zero-order valence-corrected chi connectivity index (χ0v) is 18.1. The summed E-state index contributed by atoms with van der Waals surface area (Å²) < 4.78 is 48.9. The van der Waals surface area contributed by atoms with Crippen molar-refractivity contribution in [1.29, 1.82) is 0 Å². The third-order valence-corrected chi connectivity index (χ3v) is 4.84. The molecule has 1 aromatic carbocycles. The van der Waals surface area contributed by atoms with Crippen molar-refractivity contribution in [2.75, 3.05) is 26.8 Å². The highest BCUT2D eigenvalue weighted by atomic mass is 32.1. The van der Waals surface area contributed by atoms with E-state index in [1.54, 1.807) is 7.11 Å². The summed E-state index contributed by atoms with van der Waals surface area (Å²) in [6.07, 6.45) is -3.12. The van der Waals surface area contributed by atoms with Gasteiger partial charge in [-0.15, -0.1) is 11.3 Å². The summed E-state index contributed by atoms with van der Waals surface area (Å²) in [4.78, 5) is 8.16. The van der Waals surface area contributed by atoms with Crippen molar-refractivity contribution in [3.63, 3.8) is 0 Å². The lowest BCUT2D eigenvalue weighted by Gasteiger charge is -2.12. The molecule has 2 aromatic rings. The second kappa shape index (κ2) is 11.6. The smallest absolute Gasteiger partial charge is 0.434 e. The first kappa shape index (κ1) is 23.8. The lowest BCUT2D eigenvalue weighted by Crippen LogP contribution is -2.38. The maximum absolute atomic E-state index is 12.6. The molecule has 0 unspecified atom stereocenters. The molecule has 0 aliphatic carbocycles. The molecule has 0 atom stereocenters. The molecule has 1 aromatic heterocycles. The van der Waals surface area contributed by atoms with Crippen LogP contribution in [0.1, 0.15) is 36.5 Å². The SMILES string of the molecule is CCCOc1ccc(CN=C(NCC)NCCc2nc(C(F)(F)F)cs2)cc1OC. The predicted molar refractivity (Wildman–Crippen MR) is 112 cm³/mol. The highest BCUT2D eigenvalue weighted by Gasteiger charge is 2.33. The van der Waals surface area contributed by atoms with E-state index in [0.29, 0.717) is 55.1 Å². The molecular weight excluding hydrogens is 417 g/mol. The number of alkyl halides is 3. The van der Waals surface area contributed by atoms with Gasteiger partial charge in [-0.1, -0.05) is 13.0 Å². The van der Waals surface area contributed by atoms with Gasteiger partial charge in [0.1, 0.15) is 0 Å². The Bertz CT molecular complexity index is 825. The summed E-state index contributed by atoms with van der Waals surface area (Å²) in [6, 6.07) is 5.67. The number of guanidine groups is 1. The fraction of sp³-hybridized carbons (Fsp3) is 0.500. The van der Waals surface area contributed by atoms with Crippen molar-refractivity contribution in [2.45, 2.75) is 39.4 Å². The van der Waals surface area contributed by atoms with E-state index in [-0.39, 0.29) is 0 Å². The lowest BCUT2D eigenvalue weighted by atomic mass is 10.2. The van der Waals surface area contributed by atoms with Crippen LogP contribution in [0, 0.1) is 0 Å². The zero-order chi connectivity index (χ0) is 22.0. The molecular formula is C20H27F3N4O2S. The molecule has 0 saturated carbocycles. The Morgan fingerprint density at radius 3 is 2.63 bits per heavy atom. The Balaban J connectivity index is 1.94. The van der Waals surface area contributed by atoms with E-state index in [1.807, 2.05) is 32.0 Å². The molecule has 0 radical (unpaired) electrons. The Morgan fingerprint density at radius 1 is 1.20 bits per heavy atom. The maximum Gasteiger partial charge on any atom is 0.434 e. The second-order valence-corrected chi connectivity index (χ2v) is 7.27. The molecule has 0 amide bonds. The van der Waals surface area contributed by atoms with Crippen molar-refractivity contribution in [3.8, 4) is 11.5 Å². The average molecular weight is 445 g/mol. The molecule has 0 saturated heterocycles. The highest BCUT2D eigenvalue weighted by molar-refractivity contribution is 7.09. The minimum absolute atomic E-state index is 0.377. The quantitative estimate of drug-likeness (QED) is 0.424. The van der Waals surface area contributed by atoms with Crippen LogP contribution in [-0.2, 0) is 19.1 Å². The van der Waals surface area contributed by atoms with Gasteiger partial charge in [-0.25, -0.2) is 9.98 Å². The normalized spacial score (nSPS) is 12.0. The molecule has 30 heavy (non-hydrogen) atoms. The Hall–Kier alpha value is -2.49. The van der Waals surface area contributed by atoms with Gasteiger partial charge in [-0.3, -0.25) is 0 Å². The van der Waals surface area contributed by atoms with Gasteiger partial charge in [0.05, 0.1) is 25.3 Å². The van der Waals surface area contributed by atoms with Crippen molar-refractivity contribution in [3.05, 3.63) is 39.8 Å². The number of hydrogen-bond acceptors (Lipinski definition) is 5. The second-order valence-electron chi connectivity index (χ2n) is 6.33. The van der Waals surface area contributed by atoms with Crippen molar-refractivity contribution in [2.24, 2.45) is 4.99 Å². The van der Waals surface area contributed by atoms with E-state index >= 15 is 0 Å². The van der Waals surface area contributed by atoms with E-state index < -0.39 is 11.9 Å². The lowest BCUT2D eigenvalue weighted by molar-refractivity contribution is -0.140. The Labute approximate surface area is 178 Å². The summed E-state index contributed by atoms with van der Waals surface area (Å²) in [5.74, 6) is 1.92. The Kier molecular flexibility index (Phi) is 9.22. The van der Waals surface area contributed by atoms with E-state index in [1.165, 1.54) is 0 Å². The number of aliphatic imine (C=N–C) groups is 1. The van der Waals surface area contributed by atoms with Crippen LogP contribution < -0.4 is 20.1 Å². The molecule has 0 fully saturated rings. The third kappa shape index (κ3) is 7.40. The Morgan fingerprint density at radius 2 is 2.00 bits per heavy atom. The first-order chi connectivity index (χ1) is 14.4. The van der Waals surface area contributed by atoms with Crippen LogP contribution in [0.3, 0.4) is 0 Å². The summed E-state index contributed by atoms with van der Waals surface area (Å²) in [7, 11) is 1.59. The number of methoxy groups -OCH3 is 1. The van der Waals surface area contributed by atoms with Crippen LogP contribution in [0.15, 0.2) is 28.6 Å². The number of rotatable bonds is 10. The van der Waals surface area contributed by atoms with Gasteiger partial charge in [0.15, 0.2) is 23.2 Å². The zero-order valence-electron chi connectivity index (χ0n) is 17.3. The van der Waals surface area contributed by atoms with Crippen LogP contribution in [0.25, 0.3) is 0 Å². The minimum atomic E-state index is -4.41. The number of nitrogens with one attached hydrogen (secondary N) is 2. The fourth-order valence-electron chi connectivity index (χ4n) is 2.50. The average Bonchev–Trinajstić information content (AvgIpc) is 3.20. The van der Waals surface area contributed by atoms with Gasteiger partial charge in [-0.05, 0) is 31.0 Å². The van der Waals surface area contributed by atoms with Crippen molar-refractivity contribution in [1.82, 2.24) is 15.6 Å². The van der Waals surface area contributed by atoms with Crippen LogP contribution in [0.5, 0.6) is 11.5 Å². The van der Waals surface area contributed by atoms with Gasteiger partial charge in [0.25, 0.3) is 0 Å². The largest absolute Gasteiger partial charge is 0.493 e. The van der Waals surface area contributed by atoms with E-state index in [2.05, 4.69) is 20.6 Å². The van der Waals surface area contributed by atoms with Crippen LogP contribution in [-0.4, -0.2) is 37.7 Å². The number of hydrogen-bond donors (Lipinski definition) is 2. The minimum Gasteiger partial charge on any atom is -0.493 e. The molecule has 0 aliphatic rings. The number of nitrogens with zero attached hydrogens (tertiary/aromatic N) is 2. The topological polar surface area (TPSA) is 67.8 Å². The number of ether oxygens (including phenoxy) is 2. The summed E-state index contributed by atoms with van der Waals surface area (Å²) in [6.45, 7) is 6.09. The molecule has 6 nitrogen and oxygen atoms in total. The molecule has 2 N–H and O–H groups in total. The van der Waals surface area contributed by atoms with E-state index in [0.717, 1.165) is 28.7 Å². The number of halogens is 3. The fourth-order valence-corrected chi connectivity index (χ4v) is 3.30. The molecule has 1 heterocycles. The van der Waals surface area contributed by atoms with Gasteiger partial charge in [0, 0.05) is 24.9 Å². The number of benzene rings is 1. The molecule has 0 bridgehead atoms. The van der Waals surface area contributed by atoms with Crippen molar-refractivity contribution < 1.29 is 22.6 Å². The standard InChI is InChI=1S/C20H27F3N4O2S/c1-4-10-29-15-7-6-14(11-16(15)28-3)12-26-19(24-5-2)25-9-8-18-27-17(13-30-18)20(21,22)23/h6-7,11,13H,4-5,8-10,12H2,1-3H3,(H2,24,25,26). The third-order valence-electron chi connectivity index (χ3n) is 3.93. The van der Waals surface area contributed by atoms with E-state index in [4.69, 9.17) is 9.47 Å². The molecule has 166 valence electrons. The van der Waals surface area contributed by atoms with Crippen LogP contribution in [0.4, 0.5) is 13.2 Å². The van der Waals surface area contributed by atoms with Gasteiger partial charge in [0.2, 0.25) is 0 Å². The molecule has 10 heteroatoms. The predicted octanol–water partition coefficient (Wildman–Crippen LogP) is 4.26. The summed E-state index contributed by atoms with van der Waals surface area (Å²) >= 11 is 1.01. The molecule has 0 spiro atoms. The molecule has 0 aliphatic heterocycles. The molecule has 2 rings (SSSR count). The monoisotopic (exact) mass is 444 g/mol. The van der Waals surface area contributed by atoms with Crippen LogP contribution >= 0.6 is 11.3 Å². The van der Waals surface area contributed by atoms with Gasteiger partial charge >= 0.3 is 6.18 Å². The van der Waals surface area contributed by atoms with Gasteiger partial charge < -0.3 is 20.1 Å². The highest BCUT2D eigenvalue weighted by Crippen LogP contribution is 2.30. The van der Waals surface area contributed by atoms with Gasteiger partial charge in [-0.2, -0.15) is 13.2 Å². The number of thiazole rings is 1. The first-order valence-electron chi connectivity index (χ1n) is 9.70. The summed E-state index contributed by atoms with van der Waals surface area (Å²) in [5, 5.41) is 7.71. The number of aromatic nitrogens is 1. The first-order valence-corrected chi connectivity index (χ1v) is 10.6. The summed E-state index contributed by atoms with van der Waals surface area (Å²) in [5.41, 5.74) is 0.103. The van der Waals surface area contributed by atoms with Crippen LogP contribution in [0.2, 0.25) is 0 Å².